The second kappa shape index (κ2) is 8.06. The van der Waals surface area contributed by atoms with Crippen LogP contribution in [0.4, 0.5) is 0 Å². The van der Waals surface area contributed by atoms with Gasteiger partial charge >= 0.3 is 5.97 Å². The van der Waals surface area contributed by atoms with Crippen LogP contribution in [0.15, 0.2) is 54.6 Å². The molecular weight excluding hydrogens is 302 g/mol. The van der Waals surface area contributed by atoms with E-state index in [0.717, 1.165) is 5.56 Å². The quantitative estimate of drug-likeness (QED) is 0.326. The van der Waals surface area contributed by atoms with Crippen LogP contribution in [-0.4, -0.2) is 26.9 Å². The minimum Gasteiger partial charge on any atom is -0.508 e. The van der Waals surface area contributed by atoms with Gasteiger partial charge in [-0.3, -0.25) is 10.4 Å². The van der Waals surface area contributed by atoms with Gasteiger partial charge in [-0.2, -0.15) is 0 Å². The van der Waals surface area contributed by atoms with Crippen LogP contribution in [0.5, 0.6) is 11.5 Å². The highest BCUT2D eigenvalue weighted by Gasteiger charge is 2.03. The molecular formula is C16H15NO6. The van der Waals surface area contributed by atoms with Crippen LogP contribution in [0, 0.1) is 0 Å². The number of carbonyl (C=O) groups excluding carboxylic acids is 1. The summed E-state index contributed by atoms with van der Waals surface area (Å²) in [6, 6.07) is 12.8. The van der Waals surface area contributed by atoms with Crippen molar-refractivity contribution in [3.63, 3.8) is 0 Å². The molecule has 7 nitrogen and oxygen atoms in total. The fourth-order valence-electron chi connectivity index (χ4n) is 1.73. The molecule has 0 saturated heterocycles. The molecule has 3 N–H and O–H groups in total. The molecule has 0 bridgehead atoms. The Morgan fingerprint density at radius 3 is 2.57 bits per heavy atom. The van der Waals surface area contributed by atoms with Gasteiger partial charge in [0.2, 0.25) is 0 Å². The SMILES string of the molecule is O=C(/C=C/c1ccc(O)cc1)Oc1cccc(CON(O)O)c1. The highest BCUT2D eigenvalue weighted by atomic mass is 17.1. The summed E-state index contributed by atoms with van der Waals surface area (Å²) in [6.45, 7) is -0.0955. The Morgan fingerprint density at radius 1 is 1.13 bits per heavy atom. The number of nitrogens with zero attached hydrogens (tertiary/aromatic N) is 1. The van der Waals surface area contributed by atoms with Gasteiger partial charge in [-0.25, -0.2) is 9.63 Å². The zero-order valence-electron chi connectivity index (χ0n) is 12.0. The number of benzene rings is 2. The lowest BCUT2D eigenvalue weighted by atomic mass is 10.2. The average molecular weight is 317 g/mol. The number of phenols is 1. The van der Waals surface area contributed by atoms with Crippen LogP contribution in [0.3, 0.4) is 0 Å². The Bertz CT molecular complexity index is 681. The van der Waals surface area contributed by atoms with Crippen molar-refractivity contribution in [1.29, 1.82) is 0 Å². The monoisotopic (exact) mass is 317 g/mol. The van der Waals surface area contributed by atoms with Gasteiger partial charge in [0.1, 0.15) is 11.5 Å². The summed E-state index contributed by atoms with van der Waals surface area (Å²) < 4.78 is 5.14. The molecule has 120 valence electrons. The van der Waals surface area contributed by atoms with Gasteiger partial charge in [0.05, 0.1) is 12.0 Å². The van der Waals surface area contributed by atoms with E-state index >= 15 is 0 Å². The van der Waals surface area contributed by atoms with Crippen LogP contribution in [0.2, 0.25) is 0 Å². The molecule has 2 rings (SSSR count). The zero-order chi connectivity index (χ0) is 16.7. The summed E-state index contributed by atoms with van der Waals surface area (Å²) in [4.78, 5) is 16.2. The molecule has 0 amide bonds. The topological polar surface area (TPSA) is 99.5 Å². The first-order chi connectivity index (χ1) is 11.0. The summed E-state index contributed by atoms with van der Waals surface area (Å²) in [7, 11) is 0. The number of esters is 1. The smallest absolute Gasteiger partial charge is 0.336 e. The zero-order valence-corrected chi connectivity index (χ0v) is 12.0. The predicted octanol–water partition coefficient (Wildman–Crippen LogP) is 2.52. The fraction of sp³-hybridized carbons (Fsp3) is 0.0625. The largest absolute Gasteiger partial charge is 0.508 e. The molecule has 0 aromatic heterocycles. The van der Waals surface area contributed by atoms with Gasteiger partial charge in [0.25, 0.3) is 0 Å². The molecule has 0 aliphatic heterocycles. The van der Waals surface area contributed by atoms with Crippen molar-refractivity contribution in [3.05, 3.63) is 65.7 Å². The molecule has 0 saturated carbocycles. The molecule has 0 heterocycles. The molecule has 0 atom stereocenters. The predicted molar refractivity (Wildman–Crippen MR) is 79.4 cm³/mol. The van der Waals surface area contributed by atoms with Crippen LogP contribution in [0.1, 0.15) is 11.1 Å². The van der Waals surface area contributed by atoms with Gasteiger partial charge in [-0.05, 0) is 41.5 Å². The van der Waals surface area contributed by atoms with Crippen LogP contribution >= 0.6 is 0 Å². The summed E-state index contributed by atoms with van der Waals surface area (Å²) in [5.41, 5.74) is 1.33. The maximum absolute atomic E-state index is 11.8. The number of phenolic OH excluding ortho intramolecular Hbond substituents is 1. The van der Waals surface area contributed by atoms with E-state index in [1.807, 2.05) is 0 Å². The number of hydrogen-bond acceptors (Lipinski definition) is 7. The summed E-state index contributed by atoms with van der Waals surface area (Å²) in [5.74, 6) is -0.121. The molecule has 0 aliphatic rings. The molecule has 23 heavy (non-hydrogen) atoms. The number of rotatable bonds is 6. The molecule has 2 aromatic rings. The number of aromatic hydroxyl groups is 1. The average Bonchev–Trinajstić information content (AvgIpc) is 2.53. The standard InChI is InChI=1S/C16H15NO6/c18-14-7-4-12(5-8-14)6-9-16(19)23-15-3-1-2-13(10-15)11-22-17(20)21/h1-10,18,20-21H,11H2/b9-6+. The Kier molecular flexibility index (Phi) is 5.84. The van der Waals surface area contributed by atoms with E-state index < -0.39 is 5.97 Å². The Labute approximate surface area is 132 Å². The molecule has 0 aliphatic carbocycles. The normalized spacial score (nSPS) is 11.1. The molecule has 7 heteroatoms. The van der Waals surface area contributed by atoms with E-state index in [0.29, 0.717) is 11.3 Å². The van der Waals surface area contributed by atoms with Gasteiger partial charge in [0, 0.05) is 6.08 Å². The second-order valence-corrected chi connectivity index (χ2v) is 4.52. The van der Waals surface area contributed by atoms with E-state index in [1.165, 1.54) is 24.3 Å². The molecule has 0 spiro atoms. The highest BCUT2D eigenvalue weighted by Crippen LogP contribution is 2.15. The maximum Gasteiger partial charge on any atom is 0.336 e. The van der Waals surface area contributed by atoms with E-state index in [9.17, 15) is 9.90 Å². The van der Waals surface area contributed by atoms with Crippen molar-refractivity contribution < 1.29 is 29.9 Å². The fourth-order valence-corrected chi connectivity index (χ4v) is 1.73. The Balaban J connectivity index is 1.94. The lowest BCUT2D eigenvalue weighted by Gasteiger charge is -2.07. The lowest BCUT2D eigenvalue weighted by molar-refractivity contribution is -0.497. The van der Waals surface area contributed by atoms with Gasteiger partial charge < -0.3 is 9.84 Å². The number of ether oxygens (including phenoxy) is 1. The third kappa shape index (κ3) is 5.89. The Morgan fingerprint density at radius 2 is 1.87 bits per heavy atom. The molecule has 0 radical (unpaired) electrons. The van der Waals surface area contributed by atoms with Crippen LogP contribution in [-0.2, 0) is 16.2 Å². The molecule has 2 aromatic carbocycles. The first-order valence-electron chi connectivity index (χ1n) is 6.61. The number of carbonyl (C=O) groups is 1. The van der Waals surface area contributed by atoms with Crippen molar-refractivity contribution in [2.75, 3.05) is 0 Å². The van der Waals surface area contributed by atoms with Crippen molar-refractivity contribution in [2.45, 2.75) is 6.61 Å². The van der Waals surface area contributed by atoms with E-state index in [2.05, 4.69) is 4.84 Å². The second-order valence-electron chi connectivity index (χ2n) is 4.52. The van der Waals surface area contributed by atoms with E-state index in [1.54, 1.807) is 36.4 Å². The maximum atomic E-state index is 11.8. The van der Waals surface area contributed by atoms with Gasteiger partial charge in [0.15, 0.2) is 0 Å². The van der Waals surface area contributed by atoms with E-state index in [4.69, 9.17) is 15.2 Å². The van der Waals surface area contributed by atoms with Crippen molar-refractivity contribution in [3.8, 4) is 11.5 Å². The summed E-state index contributed by atoms with van der Waals surface area (Å²) in [5, 5.41) is 25.7. The van der Waals surface area contributed by atoms with Crippen molar-refractivity contribution >= 4 is 12.0 Å². The van der Waals surface area contributed by atoms with E-state index in [-0.39, 0.29) is 17.7 Å². The molecule has 0 unspecified atom stereocenters. The lowest BCUT2D eigenvalue weighted by Crippen LogP contribution is -2.13. The number of hydrogen-bond donors (Lipinski definition) is 3. The minimum atomic E-state index is -0.568. The Hall–Kier alpha value is -2.71. The first-order valence-corrected chi connectivity index (χ1v) is 6.61. The van der Waals surface area contributed by atoms with Crippen LogP contribution in [0.25, 0.3) is 6.08 Å². The highest BCUT2D eigenvalue weighted by molar-refractivity contribution is 5.88. The van der Waals surface area contributed by atoms with Crippen molar-refractivity contribution in [2.24, 2.45) is 0 Å². The van der Waals surface area contributed by atoms with Gasteiger partial charge in [-0.1, -0.05) is 24.3 Å². The third-order valence-electron chi connectivity index (χ3n) is 2.77. The molecule has 0 fully saturated rings. The minimum absolute atomic E-state index is 0.0955. The first kappa shape index (κ1) is 16.7. The summed E-state index contributed by atoms with van der Waals surface area (Å²) in [6.07, 6.45) is 2.82. The van der Waals surface area contributed by atoms with Gasteiger partial charge in [-0.15, -0.1) is 0 Å². The van der Waals surface area contributed by atoms with Crippen molar-refractivity contribution in [1.82, 2.24) is 5.39 Å². The van der Waals surface area contributed by atoms with Crippen LogP contribution < -0.4 is 4.74 Å². The third-order valence-corrected chi connectivity index (χ3v) is 2.77. The summed E-state index contributed by atoms with van der Waals surface area (Å²) >= 11 is 0.